The molecule has 0 saturated heterocycles. The van der Waals surface area contributed by atoms with Gasteiger partial charge in [0.05, 0.1) is 18.6 Å². The van der Waals surface area contributed by atoms with Gasteiger partial charge >= 0.3 is 43.9 Å². The molecule has 1 aliphatic heterocycles. The Hall–Kier alpha value is -2.50. The third-order valence-electron chi connectivity index (χ3n) is 5.43. The molecule has 0 spiro atoms. The first-order valence-corrected chi connectivity index (χ1v) is 10.3. The summed E-state index contributed by atoms with van der Waals surface area (Å²) in [5.41, 5.74) is -0.446. The number of hydrogen-bond donors (Lipinski definition) is 1. The van der Waals surface area contributed by atoms with Gasteiger partial charge < -0.3 is 34.6 Å². The van der Waals surface area contributed by atoms with Crippen molar-refractivity contribution in [3.05, 3.63) is 46.8 Å². The molecule has 1 aromatic carbocycles. The second kappa shape index (κ2) is 13.5. The van der Waals surface area contributed by atoms with Crippen molar-refractivity contribution in [3.8, 4) is 0 Å². The fourth-order valence-corrected chi connectivity index (χ4v) is 3.76. The number of carbonyl (C=O) groups is 3. The van der Waals surface area contributed by atoms with E-state index < -0.39 is 84.2 Å². The molecule has 2 aromatic rings. The van der Waals surface area contributed by atoms with Gasteiger partial charge in [0.2, 0.25) is 11.7 Å². The van der Waals surface area contributed by atoms with Gasteiger partial charge in [-0.25, -0.2) is 13.2 Å². The van der Waals surface area contributed by atoms with Gasteiger partial charge in [-0.05, 0) is 18.1 Å². The van der Waals surface area contributed by atoms with Crippen molar-refractivity contribution in [3.63, 3.8) is 0 Å². The van der Waals surface area contributed by atoms with E-state index in [4.69, 9.17) is 0 Å². The van der Waals surface area contributed by atoms with Crippen LogP contribution >= 0.6 is 0 Å². The Bertz CT molecular complexity index is 1180. The molecule has 3 rings (SSSR count). The third-order valence-corrected chi connectivity index (χ3v) is 5.43. The number of hydrogen-bond acceptors (Lipinski definition) is 8. The minimum atomic E-state index is -4.76. The summed E-state index contributed by atoms with van der Waals surface area (Å²) in [5.74, 6) is -9.92. The fourth-order valence-electron chi connectivity index (χ4n) is 3.76. The second-order valence-corrected chi connectivity index (χ2v) is 7.98. The molecule has 0 aliphatic carbocycles. The Kier molecular flexibility index (Phi) is 11.9. The molecular weight excluding hydrogens is 518 g/mol. The molecule has 196 valence electrons. The molecule has 1 aliphatic rings. The van der Waals surface area contributed by atoms with Gasteiger partial charge in [0.15, 0.2) is 17.5 Å². The predicted molar refractivity (Wildman–Crippen MR) is 100 cm³/mol. The maximum absolute atomic E-state index is 14.2. The van der Waals surface area contributed by atoms with Gasteiger partial charge in [-0.1, -0.05) is 0 Å². The van der Waals surface area contributed by atoms with E-state index in [1.54, 1.807) is 0 Å². The first-order chi connectivity index (χ1) is 16.8. The Morgan fingerprint density at radius 3 is 2.18 bits per heavy atom. The zero-order chi connectivity index (χ0) is 26.8. The number of alkyl halides is 3. The largest absolute Gasteiger partial charge is 1.00 e. The van der Waals surface area contributed by atoms with Crippen molar-refractivity contribution in [2.24, 2.45) is 0 Å². The summed E-state index contributed by atoms with van der Waals surface area (Å²) >= 11 is 0. The maximum Gasteiger partial charge on any atom is 1.00 e. The Balaban J connectivity index is 0.00000361. The summed E-state index contributed by atoms with van der Waals surface area (Å²) in [5, 5.41) is 31.1. The van der Waals surface area contributed by atoms with Crippen molar-refractivity contribution in [2.45, 2.75) is 50.6 Å². The summed E-state index contributed by atoms with van der Waals surface area (Å²) in [6, 6.07) is -2.47. The number of aromatic nitrogens is 3. The number of carboxylic acid groups (broad SMARTS) is 2. The Morgan fingerprint density at radius 1 is 0.974 bits per heavy atom. The molecule has 1 amide bonds. The molecule has 1 N–H and O–H groups in total. The van der Waals surface area contributed by atoms with Gasteiger partial charge in [-0.15, -0.1) is 10.2 Å². The molecule has 0 saturated carbocycles. The molecule has 2 heterocycles. The fraction of sp³-hybridized carbons (Fsp3) is 0.450. The van der Waals surface area contributed by atoms with Crippen molar-refractivity contribution in [2.75, 3.05) is 6.54 Å². The topological polar surface area (TPSA) is 143 Å². The van der Waals surface area contributed by atoms with E-state index in [2.05, 4.69) is 15.5 Å². The number of carboxylic acids is 2. The summed E-state index contributed by atoms with van der Waals surface area (Å²) < 4.78 is 80.9. The number of benzene rings is 1. The quantitative estimate of drug-likeness (QED) is 0.190. The van der Waals surface area contributed by atoms with Gasteiger partial charge in [0, 0.05) is 44.0 Å². The van der Waals surface area contributed by atoms with E-state index in [-0.39, 0.29) is 69.2 Å². The minimum Gasteiger partial charge on any atom is -0.550 e. The molecule has 0 bridgehead atoms. The maximum atomic E-state index is 14.2. The van der Waals surface area contributed by atoms with Crippen LogP contribution in [0.3, 0.4) is 0 Å². The number of halogens is 6. The molecule has 38 heavy (non-hydrogen) atoms. The molecule has 0 unspecified atom stereocenters. The molecule has 10 nitrogen and oxygen atoms in total. The first-order valence-electron chi connectivity index (χ1n) is 10.3. The van der Waals surface area contributed by atoms with Crippen LogP contribution in [0.25, 0.3) is 0 Å². The standard InChI is InChI=1S/C20H19F6N5O5.2Li/c21-11-6-13(23)12(22)4-9(11)3-10(27-14(18(35)36)7-17(33)34)5-16(32)30-1-2-31-15(8-30)28-29-19(31)20(24,25)26;;/h4,6,10,14,27H,1-3,5,7-8H2,(H,33,34)(H,35,36);;/q;2*+1/p-2/t10-,14+;;/m1../s1. The predicted octanol–water partition coefficient (Wildman–Crippen LogP) is -7.09. The number of amides is 1. The summed E-state index contributed by atoms with van der Waals surface area (Å²) in [4.78, 5) is 36.2. The average Bonchev–Trinajstić information content (AvgIpc) is 3.20. The van der Waals surface area contributed by atoms with Crippen LogP contribution in [0.4, 0.5) is 26.3 Å². The Morgan fingerprint density at radius 2 is 1.61 bits per heavy atom. The number of rotatable bonds is 9. The van der Waals surface area contributed by atoms with Crippen LogP contribution in [-0.4, -0.2) is 56.1 Å². The monoisotopic (exact) mass is 535 g/mol. The van der Waals surface area contributed by atoms with Gasteiger partial charge in [-0.2, -0.15) is 13.2 Å². The van der Waals surface area contributed by atoms with Crippen molar-refractivity contribution in [1.29, 1.82) is 0 Å². The normalized spacial score (nSPS) is 14.5. The smallest absolute Gasteiger partial charge is 0.550 e. The molecule has 0 radical (unpaired) electrons. The number of aliphatic carboxylic acids is 2. The van der Waals surface area contributed by atoms with Crippen LogP contribution in [0.15, 0.2) is 12.1 Å². The zero-order valence-electron chi connectivity index (χ0n) is 20.1. The van der Waals surface area contributed by atoms with Crippen molar-refractivity contribution < 1.29 is 88.7 Å². The van der Waals surface area contributed by atoms with Crippen molar-refractivity contribution in [1.82, 2.24) is 25.0 Å². The zero-order valence-corrected chi connectivity index (χ0v) is 20.1. The van der Waals surface area contributed by atoms with Crippen LogP contribution in [0.1, 0.15) is 30.1 Å². The molecule has 1 aromatic heterocycles. The van der Waals surface area contributed by atoms with E-state index in [0.29, 0.717) is 6.07 Å². The van der Waals surface area contributed by atoms with Crippen LogP contribution in [0, 0.1) is 17.5 Å². The van der Waals surface area contributed by atoms with Gasteiger partial charge in [0.25, 0.3) is 0 Å². The summed E-state index contributed by atoms with van der Waals surface area (Å²) in [6.45, 7) is -0.884. The number of nitrogens with zero attached hydrogens (tertiary/aromatic N) is 4. The van der Waals surface area contributed by atoms with Crippen LogP contribution in [0.2, 0.25) is 0 Å². The van der Waals surface area contributed by atoms with Gasteiger partial charge in [0.1, 0.15) is 5.82 Å². The molecule has 0 fully saturated rings. The van der Waals surface area contributed by atoms with E-state index in [1.165, 1.54) is 0 Å². The van der Waals surface area contributed by atoms with E-state index in [9.17, 15) is 50.9 Å². The summed E-state index contributed by atoms with van der Waals surface area (Å²) in [7, 11) is 0. The number of nitrogens with one attached hydrogen (secondary N) is 1. The second-order valence-electron chi connectivity index (χ2n) is 7.98. The van der Waals surface area contributed by atoms with Crippen LogP contribution in [0.5, 0.6) is 0 Å². The third kappa shape index (κ3) is 8.25. The molecular formula is C20H17F6Li2N5O5. The summed E-state index contributed by atoms with van der Waals surface area (Å²) in [6.07, 6.45) is -7.04. The van der Waals surface area contributed by atoms with Gasteiger partial charge in [-0.3, -0.25) is 4.79 Å². The van der Waals surface area contributed by atoms with E-state index in [0.717, 1.165) is 9.47 Å². The molecule has 2 atom stereocenters. The van der Waals surface area contributed by atoms with Crippen molar-refractivity contribution >= 4 is 17.8 Å². The van der Waals surface area contributed by atoms with Crippen LogP contribution in [-0.2, 0) is 40.1 Å². The minimum absolute atomic E-state index is 0. The van der Waals surface area contributed by atoms with E-state index in [1.807, 2.05) is 0 Å². The first kappa shape index (κ1) is 33.5. The molecule has 18 heteroatoms. The van der Waals surface area contributed by atoms with E-state index >= 15 is 0 Å². The Labute approximate surface area is 235 Å². The SMILES string of the molecule is O=C([O-])C[C@H](N[C@@H](CC(=O)N1CCn2c(nnc2C(F)(F)F)C1)Cc1cc(F)c(F)cc1F)C(=O)[O-].[Li+].[Li+]. The number of carbonyl (C=O) groups excluding carboxylic acids is 3. The number of fused-ring (bicyclic) bond motifs is 1. The van der Waals surface area contributed by atoms with Crippen LogP contribution < -0.4 is 53.3 Å². The average molecular weight is 535 g/mol.